The number of nitrogens with zero attached hydrogens (tertiary/aromatic N) is 1. The molecule has 22 heteroatoms. The van der Waals surface area contributed by atoms with Gasteiger partial charge in [-0.2, -0.15) is 0 Å². The lowest BCUT2D eigenvalue weighted by atomic mass is 10.1. The van der Waals surface area contributed by atoms with E-state index in [0.29, 0.717) is 31.7 Å². The summed E-state index contributed by atoms with van der Waals surface area (Å²) in [5.74, 6) is -6.10. The molecule has 0 aliphatic heterocycles. The second-order valence-corrected chi connectivity index (χ2v) is 9.10. The third kappa shape index (κ3) is 44.4. The third-order valence-electron chi connectivity index (χ3n) is 4.34. The second kappa shape index (κ2) is 31.2. The highest BCUT2D eigenvalue weighted by atomic mass is 16.4. The molecule has 22 N–H and O–H groups in total. The molecule has 0 aromatic rings. The monoisotopic (exact) mass is 662 g/mol. The fourth-order valence-electron chi connectivity index (χ4n) is 1.81. The molecule has 0 aliphatic rings. The minimum atomic E-state index is -1.18. The minimum Gasteiger partial charge on any atom is -0.481 e. The van der Waals surface area contributed by atoms with Crippen molar-refractivity contribution in [1.29, 1.82) is 0 Å². The van der Waals surface area contributed by atoms with Gasteiger partial charge in [0.1, 0.15) is 30.2 Å². The fraction of sp³-hybridized carbons (Fsp3) is 0.696. The van der Waals surface area contributed by atoms with Crippen LogP contribution < -0.4 is 40.1 Å². The Bertz CT molecular complexity index is 868. The molecule has 22 nitrogen and oxygen atoms in total. The van der Waals surface area contributed by atoms with E-state index >= 15 is 0 Å². The van der Waals surface area contributed by atoms with E-state index < -0.39 is 79.2 Å². The maximum atomic E-state index is 10.2. The number of rotatable bonds is 16. The van der Waals surface area contributed by atoms with Crippen molar-refractivity contribution in [2.75, 3.05) is 19.8 Å². The molecule has 0 aliphatic carbocycles. The first-order valence-corrected chi connectivity index (χ1v) is 12.9. The van der Waals surface area contributed by atoms with Crippen LogP contribution in [-0.2, 0) is 28.8 Å². The summed E-state index contributed by atoms with van der Waals surface area (Å²) in [5.41, 5.74) is 35.1. The molecule has 0 radical (unpaired) electrons. The molecule has 266 valence electrons. The molecule has 0 saturated carbocycles. The van der Waals surface area contributed by atoms with Gasteiger partial charge in [0.05, 0.1) is 13.2 Å². The highest BCUT2D eigenvalue weighted by molar-refractivity contribution is 5.76. The number of nitrogens with two attached hydrogens (primary N) is 7. The van der Waals surface area contributed by atoms with E-state index in [1.165, 1.54) is 0 Å². The lowest BCUT2D eigenvalue weighted by molar-refractivity contribution is -0.141. The van der Waals surface area contributed by atoms with Crippen molar-refractivity contribution in [3.05, 3.63) is 0 Å². The number of aliphatic carboxylic acids is 6. The first-order chi connectivity index (χ1) is 20.5. The van der Waals surface area contributed by atoms with E-state index in [-0.39, 0.29) is 18.8 Å². The van der Waals surface area contributed by atoms with Crippen molar-refractivity contribution in [3.63, 3.8) is 0 Å². The van der Waals surface area contributed by atoms with Gasteiger partial charge >= 0.3 is 35.8 Å². The number of aliphatic imine (C=N–C) groups is 1. The molecule has 0 heterocycles. The summed E-state index contributed by atoms with van der Waals surface area (Å²) in [6.07, 6.45) is 1.28. The van der Waals surface area contributed by atoms with Crippen LogP contribution in [0, 0.1) is 5.92 Å². The van der Waals surface area contributed by atoms with E-state index in [1.807, 2.05) is 13.8 Å². The summed E-state index contributed by atoms with van der Waals surface area (Å²) in [7, 11) is 0. The van der Waals surface area contributed by atoms with Crippen LogP contribution in [0.5, 0.6) is 0 Å². The van der Waals surface area contributed by atoms with Gasteiger partial charge in [-0.25, -0.2) is 0 Å². The molecule has 0 saturated heterocycles. The molecule has 0 bridgehead atoms. The largest absolute Gasteiger partial charge is 0.481 e. The van der Waals surface area contributed by atoms with Gasteiger partial charge < -0.3 is 81.0 Å². The SMILES string of the molecule is CC(C)CC(N)C(=O)O.NC(CCC(=O)O)C(=O)O.NC(CO)C(=O)O.NC(CO)C(=O)O.NC(N)=NCCCC(N)C(=O)O. The van der Waals surface area contributed by atoms with Crippen molar-refractivity contribution in [3.8, 4) is 0 Å². The topological polar surface area (TPSA) is 459 Å². The van der Waals surface area contributed by atoms with Crippen LogP contribution in [-0.4, -0.2) is 133 Å². The lowest BCUT2D eigenvalue weighted by Crippen LogP contribution is -2.33. The Balaban J connectivity index is -0.000000150. The zero-order valence-corrected chi connectivity index (χ0v) is 25.1. The average molecular weight is 663 g/mol. The molecule has 0 aromatic carbocycles. The summed E-state index contributed by atoms with van der Waals surface area (Å²) in [6.45, 7) is 3.31. The number of aliphatic hydroxyl groups excluding tert-OH is 2. The molecule has 45 heavy (non-hydrogen) atoms. The highest BCUT2D eigenvalue weighted by Crippen LogP contribution is 2.01. The highest BCUT2D eigenvalue weighted by Gasteiger charge is 2.13. The van der Waals surface area contributed by atoms with Crippen molar-refractivity contribution in [2.24, 2.45) is 51.0 Å². The normalized spacial score (nSPS) is 12.9. The number of carbonyl (C=O) groups is 6. The molecular formula is C23H50N8O14. The standard InChI is InChI=1S/C6H14N4O2.C6H13NO2.C5H9NO4.2C3H7NO3/c7-4(5(11)12)2-1-3-10-6(8)9;1-4(2)3-5(7)6(8)9;6-3(5(9)10)1-2-4(7)8;2*4-2(1-5)3(6)7/h4H,1-3,7H2,(H,11,12)(H4,8,9,10);4-5H,3,7H2,1-2H3,(H,8,9);3H,1-2,6H2,(H,7,8)(H,9,10);2*2,5H,1,4H2,(H,6,7). The molecule has 5 unspecified atom stereocenters. The van der Waals surface area contributed by atoms with Crippen molar-refractivity contribution >= 4 is 41.8 Å². The van der Waals surface area contributed by atoms with Crippen LogP contribution in [0.15, 0.2) is 4.99 Å². The first kappa shape index (κ1) is 50.4. The number of carboxylic acids is 6. The van der Waals surface area contributed by atoms with Crippen LogP contribution in [0.25, 0.3) is 0 Å². The predicted molar refractivity (Wildman–Crippen MR) is 158 cm³/mol. The Morgan fingerprint density at radius 1 is 0.578 bits per heavy atom. The van der Waals surface area contributed by atoms with Crippen LogP contribution in [0.3, 0.4) is 0 Å². The molecular weight excluding hydrogens is 612 g/mol. The Kier molecular flexibility index (Phi) is 35.0. The van der Waals surface area contributed by atoms with Gasteiger partial charge in [-0.1, -0.05) is 13.8 Å². The van der Waals surface area contributed by atoms with Gasteiger partial charge in [-0.3, -0.25) is 33.8 Å². The summed E-state index contributed by atoms with van der Waals surface area (Å²) in [5, 5.41) is 64.8. The maximum absolute atomic E-state index is 10.2. The van der Waals surface area contributed by atoms with Crippen LogP contribution in [0.4, 0.5) is 0 Å². The number of guanidine groups is 1. The summed E-state index contributed by atoms with van der Waals surface area (Å²) in [6, 6.07) is -4.82. The maximum Gasteiger partial charge on any atom is 0.322 e. The molecule has 0 fully saturated rings. The van der Waals surface area contributed by atoms with Crippen LogP contribution >= 0.6 is 0 Å². The third-order valence-corrected chi connectivity index (χ3v) is 4.34. The zero-order valence-electron chi connectivity index (χ0n) is 25.1. The van der Waals surface area contributed by atoms with Crippen molar-refractivity contribution < 1.29 is 69.6 Å². The molecule has 5 atom stereocenters. The number of carboxylic acid groups (broad SMARTS) is 6. The predicted octanol–water partition coefficient (Wildman–Crippen LogP) is -5.06. The van der Waals surface area contributed by atoms with Gasteiger partial charge in [0.25, 0.3) is 0 Å². The molecule has 0 aromatic heterocycles. The van der Waals surface area contributed by atoms with Gasteiger partial charge in [-0.15, -0.1) is 0 Å². The zero-order chi connectivity index (χ0) is 36.9. The number of hydrogen-bond acceptors (Lipinski definition) is 14. The molecule has 0 spiro atoms. The summed E-state index contributed by atoms with van der Waals surface area (Å²) in [4.78, 5) is 63.2. The number of aliphatic hydroxyl groups is 2. The Morgan fingerprint density at radius 3 is 1.11 bits per heavy atom. The van der Waals surface area contributed by atoms with E-state index in [4.69, 9.17) is 81.0 Å². The van der Waals surface area contributed by atoms with Crippen LogP contribution in [0.1, 0.15) is 46.0 Å². The van der Waals surface area contributed by atoms with Gasteiger partial charge in [0, 0.05) is 13.0 Å². The smallest absolute Gasteiger partial charge is 0.322 e. The fourth-order valence-corrected chi connectivity index (χ4v) is 1.81. The average Bonchev–Trinajstić information content (AvgIpc) is 2.93. The summed E-state index contributed by atoms with van der Waals surface area (Å²) < 4.78 is 0. The second-order valence-electron chi connectivity index (χ2n) is 9.10. The number of hydrogen-bond donors (Lipinski definition) is 15. The molecule has 0 amide bonds. The minimum absolute atomic E-state index is 0.0129. The Labute approximate surface area is 258 Å². The first-order valence-electron chi connectivity index (χ1n) is 12.9. The van der Waals surface area contributed by atoms with Gasteiger partial charge in [0.15, 0.2) is 5.96 Å². The van der Waals surface area contributed by atoms with Gasteiger partial charge in [-0.05, 0) is 31.6 Å². The summed E-state index contributed by atoms with van der Waals surface area (Å²) >= 11 is 0. The Morgan fingerprint density at radius 2 is 0.911 bits per heavy atom. The van der Waals surface area contributed by atoms with E-state index in [2.05, 4.69) is 4.99 Å². The van der Waals surface area contributed by atoms with E-state index in [1.54, 1.807) is 0 Å². The van der Waals surface area contributed by atoms with Gasteiger partial charge in [0.2, 0.25) is 0 Å². The molecule has 0 rings (SSSR count). The van der Waals surface area contributed by atoms with Crippen molar-refractivity contribution in [1.82, 2.24) is 0 Å². The Hall–Kier alpha value is -4.19. The lowest BCUT2D eigenvalue weighted by Gasteiger charge is -2.07. The quantitative estimate of drug-likeness (QED) is 0.0417. The van der Waals surface area contributed by atoms with E-state index in [0.717, 1.165) is 0 Å². The van der Waals surface area contributed by atoms with E-state index in [9.17, 15) is 28.8 Å². The van der Waals surface area contributed by atoms with Crippen molar-refractivity contribution in [2.45, 2.75) is 76.2 Å². The van der Waals surface area contributed by atoms with Crippen LogP contribution in [0.2, 0.25) is 0 Å².